The van der Waals surface area contributed by atoms with Crippen molar-refractivity contribution in [2.24, 2.45) is 0 Å². The number of rotatable bonds is 11. The fourth-order valence-electron chi connectivity index (χ4n) is 3.14. The molecule has 164 valence electrons. The largest absolute Gasteiger partial charge is 0.490 e. The molecule has 0 spiro atoms. The third kappa shape index (κ3) is 6.07. The van der Waals surface area contributed by atoms with E-state index in [9.17, 15) is 9.59 Å². The van der Waals surface area contributed by atoms with Gasteiger partial charge in [-0.3, -0.25) is 14.2 Å². The third-order valence-corrected chi connectivity index (χ3v) is 4.69. The van der Waals surface area contributed by atoms with Crippen molar-refractivity contribution in [1.82, 2.24) is 9.55 Å². The minimum Gasteiger partial charge on any atom is -0.490 e. The lowest BCUT2D eigenvalue weighted by molar-refractivity contribution is -0.116. The first-order valence-corrected chi connectivity index (χ1v) is 10.8. The Labute approximate surface area is 182 Å². The number of aryl methyl sites for hydroxylation is 1. The number of hydrogen-bond acceptors (Lipinski definition) is 5. The van der Waals surface area contributed by atoms with Gasteiger partial charge in [0.25, 0.3) is 5.56 Å². The monoisotopic (exact) mass is 423 g/mol. The number of anilines is 1. The molecule has 7 heteroatoms. The quantitative estimate of drug-likeness (QED) is 0.494. The summed E-state index contributed by atoms with van der Waals surface area (Å²) >= 11 is 0. The van der Waals surface area contributed by atoms with Crippen molar-refractivity contribution in [2.75, 3.05) is 18.5 Å². The Kier molecular flexibility index (Phi) is 8.04. The van der Waals surface area contributed by atoms with E-state index >= 15 is 0 Å². The maximum atomic E-state index is 12.5. The van der Waals surface area contributed by atoms with E-state index in [0.717, 1.165) is 12.8 Å². The molecule has 0 bridgehead atoms. The summed E-state index contributed by atoms with van der Waals surface area (Å²) in [6.07, 6.45) is 4.14. The zero-order chi connectivity index (χ0) is 22.1. The predicted octanol–water partition coefficient (Wildman–Crippen LogP) is 4.39. The van der Waals surface area contributed by atoms with E-state index in [1.54, 1.807) is 22.8 Å². The van der Waals surface area contributed by atoms with Crippen LogP contribution in [0.15, 0.2) is 53.6 Å². The summed E-state index contributed by atoms with van der Waals surface area (Å²) < 4.78 is 13.0. The SMILES string of the molecule is CCCOc1ccc(NC(=O)CCCn2cnc3ccccc3c2=O)cc1OCCC. The van der Waals surface area contributed by atoms with E-state index in [2.05, 4.69) is 10.3 Å². The van der Waals surface area contributed by atoms with Crippen molar-refractivity contribution >= 4 is 22.5 Å². The molecule has 1 heterocycles. The molecule has 1 amide bonds. The lowest BCUT2D eigenvalue weighted by atomic mass is 10.2. The van der Waals surface area contributed by atoms with Gasteiger partial charge in [-0.15, -0.1) is 0 Å². The second-order valence-electron chi connectivity index (χ2n) is 7.27. The summed E-state index contributed by atoms with van der Waals surface area (Å²) in [6, 6.07) is 12.7. The number of nitrogens with zero attached hydrogens (tertiary/aromatic N) is 2. The summed E-state index contributed by atoms with van der Waals surface area (Å²) in [7, 11) is 0. The number of para-hydroxylation sites is 1. The summed E-state index contributed by atoms with van der Waals surface area (Å²) in [5.41, 5.74) is 1.24. The Bertz CT molecular complexity index is 1080. The Balaban J connectivity index is 1.58. The van der Waals surface area contributed by atoms with Crippen molar-refractivity contribution in [3.8, 4) is 11.5 Å². The van der Waals surface area contributed by atoms with Gasteiger partial charge in [-0.05, 0) is 43.5 Å². The molecule has 1 aromatic heterocycles. The first kappa shape index (κ1) is 22.3. The number of carbonyl (C=O) groups is 1. The molecule has 2 aromatic carbocycles. The first-order valence-electron chi connectivity index (χ1n) is 10.8. The highest BCUT2D eigenvalue weighted by Gasteiger charge is 2.10. The number of aromatic nitrogens is 2. The molecule has 0 aliphatic carbocycles. The van der Waals surface area contributed by atoms with Crippen LogP contribution in [0.4, 0.5) is 5.69 Å². The van der Waals surface area contributed by atoms with E-state index in [-0.39, 0.29) is 11.5 Å². The summed E-state index contributed by atoms with van der Waals surface area (Å²) in [5, 5.41) is 3.48. The molecule has 0 unspecified atom stereocenters. The van der Waals surface area contributed by atoms with Gasteiger partial charge in [-0.25, -0.2) is 4.98 Å². The minimum absolute atomic E-state index is 0.0913. The van der Waals surface area contributed by atoms with E-state index in [4.69, 9.17) is 9.47 Å². The van der Waals surface area contributed by atoms with E-state index in [0.29, 0.717) is 60.7 Å². The summed E-state index contributed by atoms with van der Waals surface area (Å²) in [4.78, 5) is 29.2. The van der Waals surface area contributed by atoms with Crippen LogP contribution < -0.4 is 20.3 Å². The van der Waals surface area contributed by atoms with Crippen LogP contribution in [-0.4, -0.2) is 28.7 Å². The van der Waals surface area contributed by atoms with Crippen molar-refractivity contribution < 1.29 is 14.3 Å². The number of amides is 1. The van der Waals surface area contributed by atoms with Crippen LogP contribution in [0.2, 0.25) is 0 Å². The molecule has 0 radical (unpaired) electrons. The lowest BCUT2D eigenvalue weighted by Crippen LogP contribution is -2.21. The molecule has 3 rings (SSSR count). The van der Waals surface area contributed by atoms with Crippen LogP contribution in [0.25, 0.3) is 10.9 Å². The second-order valence-corrected chi connectivity index (χ2v) is 7.27. The molecule has 0 atom stereocenters. The maximum Gasteiger partial charge on any atom is 0.261 e. The number of carbonyl (C=O) groups excluding carboxylic acids is 1. The van der Waals surface area contributed by atoms with Crippen LogP contribution in [-0.2, 0) is 11.3 Å². The summed E-state index contributed by atoms with van der Waals surface area (Å²) in [6.45, 7) is 5.70. The van der Waals surface area contributed by atoms with Crippen LogP contribution in [0.1, 0.15) is 39.5 Å². The van der Waals surface area contributed by atoms with Crippen molar-refractivity contribution in [3.05, 3.63) is 59.1 Å². The van der Waals surface area contributed by atoms with Crippen LogP contribution in [0, 0.1) is 0 Å². The van der Waals surface area contributed by atoms with Crippen molar-refractivity contribution in [2.45, 2.75) is 46.1 Å². The van der Waals surface area contributed by atoms with Crippen LogP contribution in [0.5, 0.6) is 11.5 Å². The van der Waals surface area contributed by atoms with Crippen molar-refractivity contribution in [3.63, 3.8) is 0 Å². The average Bonchev–Trinajstić information content (AvgIpc) is 2.78. The van der Waals surface area contributed by atoms with Crippen molar-refractivity contribution in [1.29, 1.82) is 0 Å². The fraction of sp³-hybridized carbons (Fsp3) is 0.375. The van der Waals surface area contributed by atoms with Gasteiger partial charge < -0.3 is 14.8 Å². The fourth-order valence-corrected chi connectivity index (χ4v) is 3.14. The minimum atomic E-state index is -0.120. The molecule has 0 aliphatic heterocycles. The third-order valence-electron chi connectivity index (χ3n) is 4.69. The van der Waals surface area contributed by atoms with Gasteiger partial charge in [-0.1, -0.05) is 26.0 Å². The highest BCUT2D eigenvalue weighted by molar-refractivity contribution is 5.91. The Hall–Kier alpha value is -3.35. The van der Waals surface area contributed by atoms with Gasteiger partial charge in [0.1, 0.15) is 0 Å². The average molecular weight is 424 g/mol. The topological polar surface area (TPSA) is 82.5 Å². The second kappa shape index (κ2) is 11.2. The number of fused-ring (bicyclic) bond motifs is 1. The van der Waals surface area contributed by atoms with Crippen LogP contribution in [0.3, 0.4) is 0 Å². The molecule has 0 saturated heterocycles. The highest BCUT2D eigenvalue weighted by Crippen LogP contribution is 2.31. The van der Waals surface area contributed by atoms with Gasteiger partial charge in [0, 0.05) is 24.7 Å². The van der Waals surface area contributed by atoms with E-state index in [1.807, 2.05) is 38.1 Å². The molecule has 31 heavy (non-hydrogen) atoms. The Morgan fingerprint density at radius 1 is 1.03 bits per heavy atom. The maximum absolute atomic E-state index is 12.5. The standard InChI is InChI=1S/C24H29N3O4/c1-3-14-30-21-12-11-18(16-22(21)31-15-4-2)26-23(28)10-7-13-27-17-25-20-9-6-5-8-19(20)24(27)29/h5-6,8-9,11-12,16-17H,3-4,7,10,13-15H2,1-2H3,(H,26,28). The molecule has 3 aromatic rings. The Morgan fingerprint density at radius 2 is 1.77 bits per heavy atom. The number of hydrogen-bond donors (Lipinski definition) is 1. The van der Waals surface area contributed by atoms with Crippen LogP contribution >= 0.6 is 0 Å². The molecule has 0 saturated carbocycles. The molecular weight excluding hydrogens is 394 g/mol. The summed E-state index contributed by atoms with van der Waals surface area (Å²) in [5.74, 6) is 1.18. The lowest BCUT2D eigenvalue weighted by Gasteiger charge is -2.14. The molecular formula is C24H29N3O4. The predicted molar refractivity (Wildman–Crippen MR) is 122 cm³/mol. The number of nitrogens with one attached hydrogen (secondary N) is 1. The molecule has 7 nitrogen and oxygen atoms in total. The number of benzene rings is 2. The van der Waals surface area contributed by atoms with Gasteiger partial charge in [0.05, 0.1) is 30.4 Å². The zero-order valence-electron chi connectivity index (χ0n) is 18.1. The first-order chi connectivity index (χ1) is 15.1. The van der Waals surface area contributed by atoms with Gasteiger partial charge in [0.15, 0.2) is 11.5 Å². The van der Waals surface area contributed by atoms with Gasteiger partial charge in [-0.2, -0.15) is 0 Å². The smallest absolute Gasteiger partial charge is 0.261 e. The van der Waals surface area contributed by atoms with Gasteiger partial charge >= 0.3 is 0 Å². The van der Waals surface area contributed by atoms with Gasteiger partial charge in [0.2, 0.25) is 5.91 Å². The number of ether oxygens (including phenoxy) is 2. The Morgan fingerprint density at radius 3 is 2.55 bits per heavy atom. The molecule has 0 fully saturated rings. The molecule has 1 N–H and O–H groups in total. The highest BCUT2D eigenvalue weighted by atomic mass is 16.5. The normalized spacial score (nSPS) is 10.8. The zero-order valence-corrected chi connectivity index (χ0v) is 18.1. The van der Waals surface area contributed by atoms with E-state index in [1.165, 1.54) is 6.33 Å². The van der Waals surface area contributed by atoms with E-state index < -0.39 is 0 Å². The molecule has 0 aliphatic rings.